The number of ether oxygens (including phenoxy) is 1. The zero-order chi connectivity index (χ0) is 20.5. The van der Waals surface area contributed by atoms with Crippen LogP contribution in [0.2, 0.25) is 5.02 Å². The second-order valence-electron chi connectivity index (χ2n) is 7.78. The van der Waals surface area contributed by atoms with Crippen molar-refractivity contribution in [3.63, 3.8) is 0 Å². The van der Waals surface area contributed by atoms with Crippen LogP contribution in [-0.2, 0) is 10.5 Å². The second kappa shape index (κ2) is 6.09. The first kappa shape index (κ1) is 17.5. The van der Waals surface area contributed by atoms with Crippen LogP contribution >= 0.6 is 11.6 Å². The summed E-state index contributed by atoms with van der Waals surface area (Å²) in [5.41, 5.74) is 3.30. The smallest absolute Gasteiger partial charge is 0.306 e. The van der Waals surface area contributed by atoms with E-state index in [0.717, 1.165) is 33.8 Å². The fraction of sp³-hybridized carbons (Fsp3) is 0.167. The number of benzene rings is 3. The predicted molar refractivity (Wildman–Crippen MR) is 116 cm³/mol. The van der Waals surface area contributed by atoms with E-state index in [9.17, 15) is 4.79 Å². The SMILES string of the molecule is CN1C(=O)[C@@]2(Oc3ccccc3[C@H]3CC(c4ccc(Cl)cc4)=NN32)c2ccccc21. The van der Waals surface area contributed by atoms with Gasteiger partial charge in [0.05, 0.1) is 23.0 Å². The third kappa shape index (κ3) is 2.18. The number of fused-ring (bicyclic) bond motifs is 6. The zero-order valence-corrected chi connectivity index (χ0v) is 17.0. The van der Waals surface area contributed by atoms with E-state index in [-0.39, 0.29) is 11.9 Å². The highest BCUT2D eigenvalue weighted by molar-refractivity contribution is 6.30. The third-order valence-electron chi connectivity index (χ3n) is 6.17. The molecule has 3 aromatic carbocycles. The first-order chi connectivity index (χ1) is 14.6. The summed E-state index contributed by atoms with van der Waals surface area (Å²) < 4.78 is 6.51. The molecule has 0 N–H and O–H groups in total. The normalized spacial score (nSPS) is 23.7. The van der Waals surface area contributed by atoms with E-state index in [4.69, 9.17) is 21.4 Å². The number of carbonyl (C=O) groups excluding carboxylic acids is 1. The van der Waals surface area contributed by atoms with Gasteiger partial charge in [-0.3, -0.25) is 4.79 Å². The number of hydrogen-bond donors (Lipinski definition) is 0. The predicted octanol–water partition coefficient (Wildman–Crippen LogP) is 4.71. The standard InChI is InChI=1S/C24H18ClN3O2/c1-27-20-8-4-3-7-18(20)24(23(27)29)28-21(17-6-2-5-9-22(17)30-24)14-19(26-28)15-10-12-16(25)13-11-15/h2-13,21H,14H2,1H3/t21-,24+/m1/s1. The number of halogens is 1. The van der Waals surface area contributed by atoms with E-state index in [1.165, 1.54) is 0 Å². The average Bonchev–Trinajstić information content (AvgIpc) is 3.31. The van der Waals surface area contributed by atoms with Gasteiger partial charge < -0.3 is 9.64 Å². The second-order valence-corrected chi connectivity index (χ2v) is 8.22. The van der Waals surface area contributed by atoms with Gasteiger partial charge in [-0.1, -0.05) is 60.1 Å². The molecule has 0 fully saturated rings. The van der Waals surface area contributed by atoms with E-state index in [2.05, 4.69) is 6.07 Å². The van der Waals surface area contributed by atoms with Crippen LogP contribution in [0.1, 0.15) is 29.2 Å². The Hall–Kier alpha value is -3.31. The summed E-state index contributed by atoms with van der Waals surface area (Å²) in [4.78, 5) is 15.3. The minimum Gasteiger partial charge on any atom is -0.453 e. The van der Waals surface area contributed by atoms with E-state index in [1.807, 2.05) is 71.7 Å². The van der Waals surface area contributed by atoms with Crippen molar-refractivity contribution in [2.75, 3.05) is 11.9 Å². The van der Waals surface area contributed by atoms with Gasteiger partial charge in [-0.2, -0.15) is 5.10 Å². The molecule has 1 amide bonds. The highest BCUT2D eigenvalue weighted by Gasteiger charge is 2.62. The summed E-state index contributed by atoms with van der Waals surface area (Å²) in [5, 5.41) is 7.51. The quantitative estimate of drug-likeness (QED) is 0.578. The zero-order valence-electron chi connectivity index (χ0n) is 16.2. The Morgan fingerprint density at radius 1 is 1.03 bits per heavy atom. The maximum absolute atomic E-state index is 13.7. The summed E-state index contributed by atoms with van der Waals surface area (Å²) in [6, 6.07) is 23.3. The summed E-state index contributed by atoms with van der Waals surface area (Å²) in [6.07, 6.45) is 0.683. The molecule has 0 saturated heterocycles. The van der Waals surface area contributed by atoms with Gasteiger partial charge >= 0.3 is 5.72 Å². The maximum atomic E-state index is 13.7. The van der Waals surface area contributed by atoms with Gasteiger partial charge in [0.25, 0.3) is 5.91 Å². The molecule has 2 atom stereocenters. The Bertz CT molecular complexity index is 1220. The molecular formula is C24H18ClN3O2. The Labute approximate surface area is 179 Å². The summed E-state index contributed by atoms with van der Waals surface area (Å²) in [6.45, 7) is 0. The molecule has 0 aromatic heterocycles. The Morgan fingerprint density at radius 3 is 2.60 bits per heavy atom. The molecule has 0 saturated carbocycles. The van der Waals surface area contributed by atoms with Crippen LogP contribution in [0.3, 0.4) is 0 Å². The number of hydrogen-bond acceptors (Lipinski definition) is 4. The lowest BCUT2D eigenvalue weighted by Crippen LogP contribution is -2.56. The number of rotatable bonds is 1. The molecule has 30 heavy (non-hydrogen) atoms. The highest BCUT2D eigenvalue weighted by Crippen LogP contribution is 2.55. The molecule has 148 valence electrons. The number of hydrazone groups is 1. The monoisotopic (exact) mass is 415 g/mol. The van der Waals surface area contributed by atoms with E-state index >= 15 is 0 Å². The Balaban J connectivity index is 1.58. The van der Waals surface area contributed by atoms with Gasteiger partial charge in [-0.15, -0.1) is 0 Å². The topological polar surface area (TPSA) is 45.1 Å². The lowest BCUT2D eigenvalue weighted by Gasteiger charge is -2.44. The lowest BCUT2D eigenvalue weighted by atomic mass is 9.92. The molecule has 1 spiro atoms. The fourth-order valence-corrected chi connectivity index (χ4v) is 4.86. The van der Waals surface area contributed by atoms with Crippen molar-refractivity contribution in [1.29, 1.82) is 0 Å². The van der Waals surface area contributed by atoms with Gasteiger partial charge in [0, 0.05) is 24.1 Å². The minimum atomic E-state index is -1.31. The third-order valence-corrected chi connectivity index (χ3v) is 6.42. The largest absolute Gasteiger partial charge is 0.453 e. The van der Waals surface area contributed by atoms with Crippen molar-refractivity contribution < 1.29 is 9.53 Å². The number of amides is 1. The van der Waals surface area contributed by atoms with Crippen LogP contribution in [0, 0.1) is 0 Å². The Morgan fingerprint density at radius 2 is 1.77 bits per heavy atom. The molecule has 0 aliphatic carbocycles. The van der Waals surface area contributed by atoms with E-state index < -0.39 is 5.72 Å². The summed E-state index contributed by atoms with van der Waals surface area (Å²) in [5.74, 6) is 0.592. The van der Waals surface area contributed by atoms with Crippen molar-refractivity contribution >= 4 is 28.9 Å². The van der Waals surface area contributed by atoms with Crippen LogP contribution < -0.4 is 9.64 Å². The maximum Gasteiger partial charge on any atom is 0.306 e. The van der Waals surface area contributed by atoms with Crippen LogP contribution in [0.15, 0.2) is 77.9 Å². The van der Waals surface area contributed by atoms with Crippen molar-refractivity contribution in [3.05, 3.63) is 94.5 Å². The van der Waals surface area contributed by atoms with Gasteiger partial charge in [0.2, 0.25) is 0 Å². The average molecular weight is 416 g/mol. The number of nitrogens with zero attached hydrogens (tertiary/aromatic N) is 3. The van der Waals surface area contributed by atoms with Crippen molar-refractivity contribution in [1.82, 2.24) is 5.01 Å². The molecule has 0 unspecified atom stereocenters. The van der Waals surface area contributed by atoms with Gasteiger partial charge in [0.15, 0.2) is 0 Å². The van der Waals surface area contributed by atoms with E-state index in [0.29, 0.717) is 11.4 Å². The van der Waals surface area contributed by atoms with Crippen molar-refractivity contribution in [3.8, 4) is 5.75 Å². The van der Waals surface area contributed by atoms with Crippen LogP contribution in [0.5, 0.6) is 5.75 Å². The molecular weight excluding hydrogens is 398 g/mol. The summed E-state index contributed by atoms with van der Waals surface area (Å²) in [7, 11) is 1.79. The van der Waals surface area contributed by atoms with Gasteiger partial charge in [-0.25, -0.2) is 5.01 Å². The lowest BCUT2D eigenvalue weighted by molar-refractivity contribution is -0.163. The number of likely N-dealkylation sites (N-methyl/N-ethyl adjacent to an activating group) is 1. The highest BCUT2D eigenvalue weighted by atomic mass is 35.5. The van der Waals surface area contributed by atoms with Crippen molar-refractivity contribution in [2.24, 2.45) is 5.10 Å². The molecule has 3 aliphatic heterocycles. The van der Waals surface area contributed by atoms with Crippen LogP contribution in [-0.4, -0.2) is 23.7 Å². The molecule has 6 rings (SSSR count). The van der Waals surface area contributed by atoms with Crippen LogP contribution in [0.4, 0.5) is 5.69 Å². The molecule has 3 heterocycles. The number of anilines is 1. The molecule has 0 radical (unpaired) electrons. The Kier molecular flexibility index (Phi) is 3.56. The van der Waals surface area contributed by atoms with Gasteiger partial charge in [0.1, 0.15) is 5.75 Å². The van der Waals surface area contributed by atoms with Crippen LogP contribution in [0.25, 0.3) is 0 Å². The first-order valence-corrected chi connectivity index (χ1v) is 10.3. The number of carbonyl (C=O) groups is 1. The van der Waals surface area contributed by atoms with Crippen molar-refractivity contribution in [2.45, 2.75) is 18.2 Å². The molecule has 0 bridgehead atoms. The fourth-order valence-electron chi connectivity index (χ4n) is 4.74. The van der Waals surface area contributed by atoms with Gasteiger partial charge in [-0.05, 0) is 29.8 Å². The van der Waals surface area contributed by atoms with E-state index in [1.54, 1.807) is 11.9 Å². The summed E-state index contributed by atoms with van der Waals surface area (Å²) >= 11 is 6.08. The molecule has 6 heteroatoms. The first-order valence-electron chi connectivity index (χ1n) is 9.88. The molecule has 5 nitrogen and oxygen atoms in total. The minimum absolute atomic E-state index is 0.0934. The molecule has 3 aromatic rings. The number of para-hydroxylation sites is 2. The molecule has 3 aliphatic rings.